The third kappa shape index (κ3) is 6.88. The van der Waals surface area contributed by atoms with E-state index >= 15 is 0 Å². The summed E-state index contributed by atoms with van der Waals surface area (Å²) in [4.78, 5) is 12.2. The fourth-order valence-corrected chi connectivity index (χ4v) is 2.55. The Morgan fingerprint density at radius 2 is 1.38 bits per heavy atom. The maximum absolute atomic E-state index is 12.2. The predicted molar refractivity (Wildman–Crippen MR) is 117 cm³/mol. The van der Waals surface area contributed by atoms with Gasteiger partial charge in [0.05, 0.1) is 13.2 Å². The van der Waals surface area contributed by atoms with Crippen molar-refractivity contribution in [3.63, 3.8) is 0 Å². The van der Waals surface area contributed by atoms with Gasteiger partial charge in [-0.2, -0.15) is 0 Å². The highest BCUT2D eigenvalue weighted by Crippen LogP contribution is 2.22. The molecule has 5 nitrogen and oxygen atoms in total. The van der Waals surface area contributed by atoms with Crippen LogP contribution in [0.1, 0.15) is 13.8 Å². The minimum Gasteiger partial charge on any atom is -0.493 e. The van der Waals surface area contributed by atoms with Gasteiger partial charge in [0.1, 0.15) is 17.2 Å². The molecule has 1 amide bonds. The fraction of sp³-hybridized carbons (Fsp3) is 0.208. The van der Waals surface area contributed by atoms with Crippen LogP contribution >= 0.6 is 0 Å². The van der Waals surface area contributed by atoms with E-state index in [2.05, 4.69) is 24.5 Å². The number of amides is 1. The first kappa shape index (κ1) is 20.3. The zero-order chi connectivity index (χ0) is 20.5. The molecule has 0 unspecified atom stereocenters. The molecule has 0 aliphatic rings. The van der Waals surface area contributed by atoms with Crippen LogP contribution in [0.25, 0.3) is 0 Å². The first-order valence-electron chi connectivity index (χ1n) is 9.68. The van der Waals surface area contributed by atoms with Gasteiger partial charge in [-0.3, -0.25) is 4.79 Å². The average Bonchev–Trinajstić information content (AvgIpc) is 2.74. The van der Waals surface area contributed by atoms with Gasteiger partial charge in [-0.05, 0) is 66.6 Å². The lowest BCUT2D eigenvalue weighted by Crippen LogP contribution is -2.21. The van der Waals surface area contributed by atoms with E-state index in [1.807, 2.05) is 78.9 Å². The fourth-order valence-electron chi connectivity index (χ4n) is 2.55. The SMILES string of the molecule is CC(C)COc1ccc(NCC(=O)Nc2ccc(Oc3ccccc3)cc2)cc1. The second kappa shape index (κ2) is 10.2. The van der Waals surface area contributed by atoms with Crippen LogP contribution in [0.15, 0.2) is 78.9 Å². The zero-order valence-electron chi connectivity index (χ0n) is 16.7. The summed E-state index contributed by atoms with van der Waals surface area (Å²) in [7, 11) is 0. The van der Waals surface area contributed by atoms with Crippen LogP contribution in [0.2, 0.25) is 0 Å². The molecular formula is C24H26N2O3. The van der Waals surface area contributed by atoms with Gasteiger partial charge in [0.25, 0.3) is 0 Å². The van der Waals surface area contributed by atoms with Gasteiger partial charge in [-0.15, -0.1) is 0 Å². The number of benzene rings is 3. The number of carbonyl (C=O) groups is 1. The molecule has 0 aliphatic heterocycles. The van der Waals surface area contributed by atoms with E-state index in [4.69, 9.17) is 9.47 Å². The summed E-state index contributed by atoms with van der Waals surface area (Å²) < 4.78 is 11.4. The molecule has 0 fully saturated rings. The Balaban J connectivity index is 1.44. The van der Waals surface area contributed by atoms with Gasteiger partial charge in [0, 0.05) is 11.4 Å². The molecule has 0 bridgehead atoms. The predicted octanol–water partition coefficient (Wildman–Crippen LogP) is 5.56. The zero-order valence-corrected chi connectivity index (χ0v) is 16.7. The summed E-state index contributed by atoms with van der Waals surface area (Å²) in [6.07, 6.45) is 0. The standard InChI is InChI=1S/C24H26N2O3/c1-18(2)17-28-21-12-8-19(9-13-21)25-16-24(27)26-20-10-14-23(15-11-20)29-22-6-4-3-5-7-22/h3-15,18,25H,16-17H2,1-2H3,(H,26,27). The van der Waals surface area contributed by atoms with Crippen LogP contribution < -0.4 is 20.1 Å². The van der Waals surface area contributed by atoms with E-state index in [0.29, 0.717) is 18.3 Å². The van der Waals surface area contributed by atoms with E-state index in [-0.39, 0.29) is 12.5 Å². The minimum atomic E-state index is -0.123. The minimum absolute atomic E-state index is 0.123. The van der Waals surface area contributed by atoms with E-state index in [9.17, 15) is 4.79 Å². The molecule has 0 aliphatic carbocycles. The van der Waals surface area contributed by atoms with Gasteiger partial charge >= 0.3 is 0 Å². The van der Waals surface area contributed by atoms with Gasteiger partial charge < -0.3 is 20.1 Å². The molecule has 29 heavy (non-hydrogen) atoms. The number of nitrogens with one attached hydrogen (secondary N) is 2. The summed E-state index contributed by atoms with van der Waals surface area (Å²) >= 11 is 0. The number of para-hydroxylation sites is 1. The van der Waals surface area contributed by atoms with E-state index < -0.39 is 0 Å². The Labute approximate surface area is 171 Å². The molecule has 0 heterocycles. The summed E-state index contributed by atoms with van der Waals surface area (Å²) in [5, 5.41) is 5.97. The lowest BCUT2D eigenvalue weighted by molar-refractivity contribution is -0.114. The largest absolute Gasteiger partial charge is 0.493 e. The molecule has 3 rings (SSSR count). The van der Waals surface area contributed by atoms with Crippen LogP contribution in [0.4, 0.5) is 11.4 Å². The Hall–Kier alpha value is -3.47. The van der Waals surface area contributed by atoms with Crippen molar-refractivity contribution in [1.29, 1.82) is 0 Å². The monoisotopic (exact) mass is 390 g/mol. The molecule has 0 radical (unpaired) electrons. The third-order valence-corrected chi connectivity index (χ3v) is 4.01. The Morgan fingerprint density at radius 3 is 2.03 bits per heavy atom. The van der Waals surface area contributed by atoms with Crippen LogP contribution in [-0.2, 0) is 4.79 Å². The number of hydrogen-bond acceptors (Lipinski definition) is 4. The van der Waals surface area contributed by atoms with Gasteiger partial charge in [0.2, 0.25) is 5.91 Å². The number of ether oxygens (including phenoxy) is 2. The Kier molecular flexibility index (Phi) is 7.11. The second-order valence-electron chi connectivity index (χ2n) is 7.07. The van der Waals surface area contributed by atoms with Crippen molar-refractivity contribution in [2.75, 3.05) is 23.8 Å². The van der Waals surface area contributed by atoms with E-state index in [1.165, 1.54) is 0 Å². The molecule has 0 atom stereocenters. The summed E-state index contributed by atoms with van der Waals surface area (Å²) in [6.45, 7) is 5.08. The van der Waals surface area contributed by atoms with Gasteiger partial charge in [0.15, 0.2) is 0 Å². The maximum atomic E-state index is 12.2. The van der Waals surface area contributed by atoms with Crippen molar-refractivity contribution in [1.82, 2.24) is 0 Å². The number of anilines is 2. The number of carbonyl (C=O) groups excluding carboxylic acids is 1. The highest BCUT2D eigenvalue weighted by atomic mass is 16.5. The topological polar surface area (TPSA) is 59.6 Å². The van der Waals surface area contributed by atoms with Crippen molar-refractivity contribution in [2.24, 2.45) is 5.92 Å². The van der Waals surface area contributed by atoms with E-state index in [0.717, 1.165) is 22.9 Å². The van der Waals surface area contributed by atoms with Crippen molar-refractivity contribution < 1.29 is 14.3 Å². The average molecular weight is 390 g/mol. The molecule has 0 saturated heterocycles. The third-order valence-electron chi connectivity index (χ3n) is 4.01. The van der Waals surface area contributed by atoms with Crippen LogP contribution in [0.5, 0.6) is 17.2 Å². The highest BCUT2D eigenvalue weighted by molar-refractivity contribution is 5.93. The van der Waals surface area contributed by atoms with Gasteiger partial charge in [-0.25, -0.2) is 0 Å². The highest BCUT2D eigenvalue weighted by Gasteiger charge is 2.04. The Morgan fingerprint density at radius 1 is 0.793 bits per heavy atom. The van der Waals surface area contributed by atoms with Crippen LogP contribution in [0, 0.1) is 5.92 Å². The summed E-state index contributed by atoms with van der Waals surface area (Å²) in [5.41, 5.74) is 1.58. The number of rotatable bonds is 9. The number of hydrogen-bond donors (Lipinski definition) is 2. The quantitative estimate of drug-likeness (QED) is 0.502. The smallest absolute Gasteiger partial charge is 0.243 e. The molecule has 0 spiro atoms. The van der Waals surface area contributed by atoms with E-state index in [1.54, 1.807) is 0 Å². The molecule has 2 N–H and O–H groups in total. The molecule has 0 aromatic heterocycles. The molecule has 5 heteroatoms. The van der Waals surface area contributed by atoms with Crippen molar-refractivity contribution in [3.05, 3.63) is 78.9 Å². The van der Waals surface area contributed by atoms with Crippen molar-refractivity contribution >= 4 is 17.3 Å². The van der Waals surface area contributed by atoms with Crippen molar-refractivity contribution in [3.8, 4) is 17.2 Å². The van der Waals surface area contributed by atoms with Crippen molar-refractivity contribution in [2.45, 2.75) is 13.8 Å². The molecule has 3 aromatic rings. The van der Waals surface area contributed by atoms with Gasteiger partial charge in [-0.1, -0.05) is 32.0 Å². The molecule has 150 valence electrons. The molecule has 3 aromatic carbocycles. The molecular weight excluding hydrogens is 364 g/mol. The normalized spacial score (nSPS) is 10.4. The maximum Gasteiger partial charge on any atom is 0.243 e. The lowest BCUT2D eigenvalue weighted by Gasteiger charge is -2.11. The molecule has 0 saturated carbocycles. The Bertz CT molecular complexity index is 892. The lowest BCUT2D eigenvalue weighted by atomic mass is 10.2. The van der Waals surface area contributed by atoms with Crippen LogP contribution in [-0.4, -0.2) is 19.1 Å². The first-order chi connectivity index (χ1) is 14.1. The van der Waals surface area contributed by atoms with Crippen LogP contribution in [0.3, 0.4) is 0 Å². The first-order valence-corrected chi connectivity index (χ1v) is 9.68. The second-order valence-corrected chi connectivity index (χ2v) is 7.07. The summed E-state index contributed by atoms with van der Waals surface area (Å²) in [5.74, 6) is 2.67. The summed E-state index contributed by atoms with van der Waals surface area (Å²) in [6, 6.07) is 24.4.